The van der Waals surface area contributed by atoms with E-state index in [0.29, 0.717) is 11.9 Å². The number of hydrogen-bond donors (Lipinski definition) is 0. The second-order valence-electron chi connectivity index (χ2n) is 5.78. The van der Waals surface area contributed by atoms with Gasteiger partial charge in [-0.1, -0.05) is 51.9 Å². The van der Waals surface area contributed by atoms with Gasteiger partial charge in [-0.05, 0) is 26.1 Å². The SMILES string of the molecule is CCCCCCC#CB(OC(C)C)C1CCCC1. The van der Waals surface area contributed by atoms with E-state index in [4.69, 9.17) is 4.65 Å². The molecule has 0 aliphatic heterocycles. The van der Waals surface area contributed by atoms with E-state index in [0.717, 1.165) is 6.42 Å². The van der Waals surface area contributed by atoms with Gasteiger partial charge in [0.25, 0.3) is 0 Å². The van der Waals surface area contributed by atoms with Gasteiger partial charge in [0, 0.05) is 12.5 Å². The third kappa shape index (κ3) is 6.50. The summed E-state index contributed by atoms with van der Waals surface area (Å²) in [5, 5.41) is 0. The van der Waals surface area contributed by atoms with Crippen molar-refractivity contribution in [1.82, 2.24) is 0 Å². The van der Waals surface area contributed by atoms with Crippen LogP contribution in [-0.4, -0.2) is 13.0 Å². The molecule has 2 heteroatoms. The molecule has 1 aliphatic carbocycles. The molecule has 1 nitrogen and oxygen atoms in total. The monoisotopic (exact) mass is 248 g/mol. The number of rotatable bonds is 7. The summed E-state index contributed by atoms with van der Waals surface area (Å²) in [5.74, 6) is 7.44. The first kappa shape index (κ1) is 15.6. The number of unbranched alkanes of at least 4 members (excludes halogenated alkanes) is 4. The van der Waals surface area contributed by atoms with Crippen LogP contribution in [0.3, 0.4) is 0 Å². The summed E-state index contributed by atoms with van der Waals surface area (Å²) < 4.78 is 5.99. The molecule has 1 fully saturated rings. The zero-order chi connectivity index (χ0) is 13.2. The molecule has 0 aromatic carbocycles. The third-order valence-corrected chi connectivity index (χ3v) is 3.65. The Balaban J connectivity index is 2.33. The van der Waals surface area contributed by atoms with Crippen LogP contribution in [-0.2, 0) is 4.65 Å². The van der Waals surface area contributed by atoms with Crippen LogP contribution in [0, 0.1) is 11.7 Å². The first-order valence-corrected chi connectivity index (χ1v) is 7.88. The van der Waals surface area contributed by atoms with Gasteiger partial charge in [0.05, 0.1) is 0 Å². The van der Waals surface area contributed by atoms with Crippen molar-refractivity contribution < 1.29 is 4.65 Å². The average Bonchev–Trinajstić information content (AvgIpc) is 2.85. The van der Waals surface area contributed by atoms with Crippen LogP contribution in [0.2, 0.25) is 5.82 Å². The first-order chi connectivity index (χ1) is 8.74. The molecule has 102 valence electrons. The van der Waals surface area contributed by atoms with Gasteiger partial charge in [-0.2, -0.15) is 0 Å². The molecule has 0 saturated heterocycles. The van der Waals surface area contributed by atoms with Crippen molar-refractivity contribution in [3.8, 4) is 11.7 Å². The molecule has 0 heterocycles. The molecule has 0 bridgehead atoms. The van der Waals surface area contributed by atoms with E-state index in [9.17, 15) is 0 Å². The van der Waals surface area contributed by atoms with E-state index < -0.39 is 0 Å². The molecule has 0 amide bonds. The topological polar surface area (TPSA) is 9.23 Å². The van der Waals surface area contributed by atoms with Gasteiger partial charge in [-0.15, -0.1) is 11.7 Å². The highest BCUT2D eigenvalue weighted by Gasteiger charge is 2.29. The van der Waals surface area contributed by atoms with Crippen LogP contribution >= 0.6 is 0 Å². The predicted octanol–water partition coefficient (Wildman–Crippen LogP) is 4.86. The summed E-state index contributed by atoms with van der Waals surface area (Å²) in [6.07, 6.45) is 11.9. The predicted molar refractivity (Wildman–Crippen MR) is 80.7 cm³/mol. The van der Waals surface area contributed by atoms with Crippen molar-refractivity contribution in [2.24, 2.45) is 0 Å². The van der Waals surface area contributed by atoms with Crippen LogP contribution in [0.1, 0.15) is 78.6 Å². The van der Waals surface area contributed by atoms with Gasteiger partial charge in [-0.3, -0.25) is 0 Å². The molecule has 1 aliphatic rings. The summed E-state index contributed by atoms with van der Waals surface area (Å²) in [6.45, 7) is 6.67. The summed E-state index contributed by atoms with van der Waals surface area (Å²) in [4.78, 5) is 0. The fourth-order valence-electron chi connectivity index (χ4n) is 2.63. The lowest BCUT2D eigenvalue weighted by Crippen LogP contribution is -2.25. The molecular formula is C16H29BO. The number of hydrogen-bond acceptors (Lipinski definition) is 1. The molecular weight excluding hydrogens is 219 g/mol. The molecule has 0 atom stereocenters. The van der Waals surface area contributed by atoms with Gasteiger partial charge < -0.3 is 4.65 Å². The van der Waals surface area contributed by atoms with E-state index in [1.165, 1.54) is 51.4 Å². The van der Waals surface area contributed by atoms with Crippen molar-refractivity contribution >= 4 is 6.92 Å². The van der Waals surface area contributed by atoms with Gasteiger partial charge >= 0.3 is 6.92 Å². The smallest absolute Gasteiger partial charge is 0.383 e. The molecule has 1 saturated carbocycles. The van der Waals surface area contributed by atoms with Gasteiger partial charge in [-0.25, -0.2) is 0 Å². The molecule has 0 radical (unpaired) electrons. The highest BCUT2D eigenvalue weighted by molar-refractivity contribution is 6.62. The molecule has 18 heavy (non-hydrogen) atoms. The zero-order valence-corrected chi connectivity index (χ0v) is 12.5. The molecule has 0 spiro atoms. The molecule has 0 unspecified atom stereocenters. The van der Waals surface area contributed by atoms with E-state index >= 15 is 0 Å². The third-order valence-electron chi connectivity index (χ3n) is 3.65. The fraction of sp³-hybridized carbons (Fsp3) is 0.875. The van der Waals surface area contributed by atoms with Gasteiger partial charge in [0.15, 0.2) is 0 Å². The van der Waals surface area contributed by atoms with Crippen LogP contribution in [0.25, 0.3) is 0 Å². The van der Waals surface area contributed by atoms with Crippen molar-refractivity contribution in [2.75, 3.05) is 0 Å². The fourth-order valence-corrected chi connectivity index (χ4v) is 2.63. The Kier molecular flexibility index (Phi) is 8.26. The summed E-state index contributed by atoms with van der Waals surface area (Å²) >= 11 is 0. The van der Waals surface area contributed by atoms with Crippen LogP contribution in [0.5, 0.6) is 0 Å². The van der Waals surface area contributed by atoms with Crippen molar-refractivity contribution in [3.63, 3.8) is 0 Å². The Morgan fingerprint density at radius 3 is 2.50 bits per heavy atom. The Morgan fingerprint density at radius 2 is 1.89 bits per heavy atom. The summed E-state index contributed by atoms with van der Waals surface area (Å²) in [5.41, 5.74) is 0. The Labute approximate surface area is 114 Å². The van der Waals surface area contributed by atoms with Crippen LogP contribution in [0.15, 0.2) is 0 Å². The maximum atomic E-state index is 5.99. The minimum atomic E-state index is 0.193. The summed E-state index contributed by atoms with van der Waals surface area (Å²) in [6, 6.07) is 0. The Morgan fingerprint density at radius 1 is 1.17 bits per heavy atom. The van der Waals surface area contributed by atoms with Crippen molar-refractivity contribution in [2.45, 2.75) is 90.5 Å². The summed E-state index contributed by atoms with van der Waals surface area (Å²) in [7, 11) is 0. The molecule has 0 aromatic rings. The maximum Gasteiger partial charge on any atom is 0.383 e. The maximum absolute atomic E-state index is 5.99. The average molecular weight is 248 g/mol. The lowest BCUT2D eigenvalue weighted by atomic mass is 9.55. The normalized spacial score (nSPS) is 15.8. The highest BCUT2D eigenvalue weighted by Crippen LogP contribution is 2.33. The minimum Gasteiger partial charge on any atom is -0.422 e. The van der Waals surface area contributed by atoms with Gasteiger partial charge in [0.1, 0.15) is 0 Å². The van der Waals surface area contributed by atoms with E-state index in [1.807, 2.05) is 0 Å². The van der Waals surface area contributed by atoms with Gasteiger partial charge in [0.2, 0.25) is 0 Å². The standard InChI is InChI=1S/C16H29BO/c1-4-5-6-7-8-11-14-17(18-15(2)3)16-12-9-10-13-16/h15-16H,4-10,12-13H2,1-3H3. The molecule has 0 aromatic heterocycles. The Bertz CT molecular complexity index is 258. The van der Waals surface area contributed by atoms with Crippen molar-refractivity contribution in [1.29, 1.82) is 0 Å². The quantitative estimate of drug-likeness (QED) is 0.355. The minimum absolute atomic E-state index is 0.193. The molecule has 0 N–H and O–H groups in total. The highest BCUT2D eigenvalue weighted by atomic mass is 16.4. The zero-order valence-electron chi connectivity index (χ0n) is 12.5. The lowest BCUT2D eigenvalue weighted by Gasteiger charge is -2.17. The van der Waals surface area contributed by atoms with E-state index in [1.54, 1.807) is 0 Å². The largest absolute Gasteiger partial charge is 0.422 e. The van der Waals surface area contributed by atoms with Crippen LogP contribution < -0.4 is 0 Å². The van der Waals surface area contributed by atoms with E-state index in [-0.39, 0.29) is 6.92 Å². The second kappa shape index (κ2) is 9.51. The molecule has 1 rings (SSSR count). The van der Waals surface area contributed by atoms with Crippen molar-refractivity contribution in [3.05, 3.63) is 0 Å². The Hall–Kier alpha value is -0.415. The second-order valence-corrected chi connectivity index (χ2v) is 5.78. The van der Waals surface area contributed by atoms with Crippen LogP contribution in [0.4, 0.5) is 0 Å². The van der Waals surface area contributed by atoms with E-state index in [2.05, 4.69) is 32.5 Å². The first-order valence-electron chi connectivity index (χ1n) is 7.88. The lowest BCUT2D eigenvalue weighted by molar-refractivity contribution is 0.242.